The highest BCUT2D eigenvalue weighted by atomic mass is 16.1. The highest BCUT2D eigenvalue weighted by molar-refractivity contribution is 5.78. The Balaban J connectivity index is 4.05. The van der Waals surface area contributed by atoms with Crippen LogP contribution in [-0.4, -0.2) is 30.3 Å². The van der Waals surface area contributed by atoms with Crippen molar-refractivity contribution in [1.29, 1.82) is 0 Å². The van der Waals surface area contributed by atoms with Gasteiger partial charge in [0.2, 0.25) is 0 Å². The molecule has 0 rings (SSSR count). The first kappa shape index (κ1) is 40.6. The number of hydrogen-bond acceptors (Lipinski definition) is 2. The normalized spacial score (nSPS) is 12.4. The molecule has 0 heterocycles. The molecule has 1 unspecified atom stereocenters. The number of carbonyl (C=O) groups excluding carboxylic acids is 1. The summed E-state index contributed by atoms with van der Waals surface area (Å²) in [6, 6.07) is 0. The number of rotatable bonds is 35. The lowest BCUT2D eigenvalue weighted by Crippen LogP contribution is -2.27. The smallest absolute Gasteiger partial charge is 0.133 e. The van der Waals surface area contributed by atoms with E-state index in [1.54, 1.807) is 0 Å². The SMILES string of the molecule is CCCCCCCCCC(CCCCCCCC)CC(=O)CCCCCCCN(CCC)CCCCCCCCC. The fraction of sp³-hybridized carbons (Fsp3) is 0.974. The van der Waals surface area contributed by atoms with E-state index in [2.05, 4.69) is 32.6 Å². The van der Waals surface area contributed by atoms with E-state index in [9.17, 15) is 4.79 Å². The van der Waals surface area contributed by atoms with Crippen LogP contribution < -0.4 is 0 Å². The molecular formula is C39H79NO. The van der Waals surface area contributed by atoms with Crippen LogP contribution in [0.5, 0.6) is 0 Å². The molecule has 2 heteroatoms. The minimum Gasteiger partial charge on any atom is -0.303 e. The lowest BCUT2D eigenvalue weighted by atomic mass is 9.89. The van der Waals surface area contributed by atoms with E-state index in [1.807, 2.05) is 0 Å². The monoisotopic (exact) mass is 578 g/mol. The first-order valence-electron chi connectivity index (χ1n) is 19.4. The summed E-state index contributed by atoms with van der Waals surface area (Å²) in [5.41, 5.74) is 0. The average molecular weight is 578 g/mol. The van der Waals surface area contributed by atoms with Crippen LogP contribution in [0.3, 0.4) is 0 Å². The zero-order valence-corrected chi connectivity index (χ0v) is 29.3. The molecule has 0 saturated carbocycles. The summed E-state index contributed by atoms with van der Waals surface area (Å²) >= 11 is 0. The molecule has 0 aromatic heterocycles. The molecule has 0 aromatic rings. The molecule has 0 aliphatic rings. The summed E-state index contributed by atoms with van der Waals surface area (Å²) in [6.45, 7) is 13.1. The van der Waals surface area contributed by atoms with Crippen molar-refractivity contribution in [2.24, 2.45) is 5.92 Å². The number of unbranched alkanes of at least 4 members (excludes halogenated alkanes) is 21. The standard InChI is InChI=1S/C39H79NO/c1-5-9-12-15-18-22-27-32-38(31-26-21-17-14-11-7-3)37-39(41)33-28-23-20-25-30-36-40(34-8-4)35-29-24-19-16-13-10-6-2/h38H,5-37H2,1-4H3. The Morgan fingerprint density at radius 1 is 0.415 bits per heavy atom. The fourth-order valence-corrected chi connectivity index (χ4v) is 6.51. The molecule has 0 aromatic carbocycles. The second kappa shape index (κ2) is 34.1. The van der Waals surface area contributed by atoms with Gasteiger partial charge in [-0.15, -0.1) is 0 Å². The van der Waals surface area contributed by atoms with Crippen LogP contribution in [0.1, 0.15) is 220 Å². The number of nitrogens with zero attached hydrogens (tertiary/aromatic N) is 1. The maximum atomic E-state index is 12.9. The van der Waals surface area contributed by atoms with E-state index >= 15 is 0 Å². The number of Topliss-reactive ketones (excluding diaryl/α,β-unsaturated/α-hetero) is 1. The van der Waals surface area contributed by atoms with E-state index in [0.717, 1.165) is 19.3 Å². The van der Waals surface area contributed by atoms with Gasteiger partial charge in [-0.3, -0.25) is 4.79 Å². The van der Waals surface area contributed by atoms with E-state index in [4.69, 9.17) is 0 Å². The molecule has 0 bridgehead atoms. The first-order chi connectivity index (χ1) is 20.2. The molecule has 0 aliphatic heterocycles. The van der Waals surface area contributed by atoms with Gasteiger partial charge in [0.05, 0.1) is 0 Å². The van der Waals surface area contributed by atoms with Gasteiger partial charge in [-0.05, 0) is 51.2 Å². The van der Waals surface area contributed by atoms with Crippen LogP contribution in [-0.2, 0) is 4.79 Å². The molecule has 2 nitrogen and oxygen atoms in total. The Hall–Kier alpha value is -0.370. The van der Waals surface area contributed by atoms with Crippen LogP contribution >= 0.6 is 0 Å². The quantitative estimate of drug-likeness (QED) is 0.0698. The van der Waals surface area contributed by atoms with Gasteiger partial charge in [0, 0.05) is 12.8 Å². The van der Waals surface area contributed by atoms with Crippen molar-refractivity contribution in [2.75, 3.05) is 19.6 Å². The van der Waals surface area contributed by atoms with Gasteiger partial charge in [-0.25, -0.2) is 0 Å². The Labute approximate surface area is 261 Å². The molecule has 0 saturated heterocycles. The maximum Gasteiger partial charge on any atom is 0.133 e. The molecular weight excluding hydrogens is 498 g/mol. The van der Waals surface area contributed by atoms with Gasteiger partial charge >= 0.3 is 0 Å². The zero-order chi connectivity index (χ0) is 30.1. The van der Waals surface area contributed by atoms with Gasteiger partial charge in [-0.1, -0.05) is 182 Å². The highest BCUT2D eigenvalue weighted by Gasteiger charge is 2.14. The highest BCUT2D eigenvalue weighted by Crippen LogP contribution is 2.24. The molecule has 41 heavy (non-hydrogen) atoms. The Morgan fingerprint density at radius 2 is 0.780 bits per heavy atom. The molecule has 246 valence electrons. The first-order valence-corrected chi connectivity index (χ1v) is 19.4. The topological polar surface area (TPSA) is 20.3 Å². The summed E-state index contributed by atoms with van der Waals surface area (Å²) in [4.78, 5) is 15.6. The van der Waals surface area contributed by atoms with Crippen molar-refractivity contribution < 1.29 is 4.79 Å². The number of carbonyl (C=O) groups is 1. The average Bonchev–Trinajstić information content (AvgIpc) is 2.97. The van der Waals surface area contributed by atoms with Crippen molar-refractivity contribution in [2.45, 2.75) is 220 Å². The minimum absolute atomic E-state index is 0.563. The lowest BCUT2D eigenvalue weighted by molar-refractivity contribution is -0.120. The number of hydrogen-bond donors (Lipinski definition) is 0. The summed E-state index contributed by atoms with van der Waals surface area (Å²) in [5, 5.41) is 0. The molecule has 0 radical (unpaired) electrons. The molecule has 1 atom stereocenters. The molecule has 0 fully saturated rings. The van der Waals surface area contributed by atoms with E-state index < -0.39 is 0 Å². The minimum atomic E-state index is 0.563. The van der Waals surface area contributed by atoms with Crippen molar-refractivity contribution in [3.63, 3.8) is 0 Å². The summed E-state index contributed by atoms with van der Waals surface area (Å²) < 4.78 is 0. The summed E-state index contributed by atoms with van der Waals surface area (Å²) in [7, 11) is 0. The molecule has 0 spiro atoms. The second-order valence-electron chi connectivity index (χ2n) is 13.6. The second-order valence-corrected chi connectivity index (χ2v) is 13.6. The van der Waals surface area contributed by atoms with Crippen LogP contribution in [0.2, 0.25) is 0 Å². The van der Waals surface area contributed by atoms with E-state index in [0.29, 0.717) is 11.7 Å². The zero-order valence-electron chi connectivity index (χ0n) is 29.3. The van der Waals surface area contributed by atoms with Crippen molar-refractivity contribution in [1.82, 2.24) is 4.90 Å². The van der Waals surface area contributed by atoms with Crippen LogP contribution in [0, 0.1) is 5.92 Å². The molecule has 0 amide bonds. The fourth-order valence-electron chi connectivity index (χ4n) is 6.51. The van der Waals surface area contributed by atoms with Crippen LogP contribution in [0.25, 0.3) is 0 Å². The maximum absolute atomic E-state index is 12.9. The Kier molecular flexibility index (Phi) is 33.8. The Morgan fingerprint density at radius 3 is 1.20 bits per heavy atom. The molecule has 0 aliphatic carbocycles. The van der Waals surface area contributed by atoms with Crippen molar-refractivity contribution in [3.8, 4) is 0 Å². The Bertz CT molecular complexity index is 504. The van der Waals surface area contributed by atoms with Gasteiger partial charge in [0.25, 0.3) is 0 Å². The number of ketones is 1. The summed E-state index contributed by atoms with van der Waals surface area (Å²) in [5.74, 6) is 1.22. The van der Waals surface area contributed by atoms with Crippen LogP contribution in [0.4, 0.5) is 0 Å². The molecule has 0 N–H and O–H groups in total. The van der Waals surface area contributed by atoms with Gasteiger partial charge in [0.1, 0.15) is 5.78 Å². The van der Waals surface area contributed by atoms with Crippen molar-refractivity contribution in [3.05, 3.63) is 0 Å². The van der Waals surface area contributed by atoms with Gasteiger partial charge in [0.15, 0.2) is 0 Å². The predicted octanol–water partition coefficient (Wildman–Crippen LogP) is 13.3. The van der Waals surface area contributed by atoms with Gasteiger partial charge in [-0.2, -0.15) is 0 Å². The third kappa shape index (κ3) is 30.9. The lowest BCUT2D eigenvalue weighted by Gasteiger charge is -2.21. The third-order valence-corrected chi connectivity index (χ3v) is 9.25. The summed E-state index contributed by atoms with van der Waals surface area (Å²) in [6.07, 6.45) is 39.6. The largest absolute Gasteiger partial charge is 0.303 e. The van der Waals surface area contributed by atoms with E-state index in [1.165, 1.54) is 193 Å². The third-order valence-electron chi connectivity index (χ3n) is 9.25. The van der Waals surface area contributed by atoms with E-state index in [-0.39, 0.29) is 0 Å². The van der Waals surface area contributed by atoms with Crippen molar-refractivity contribution >= 4 is 5.78 Å². The predicted molar refractivity (Wildman–Crippen MR) is 186 cm³/mol. The van der Waals surface area contributed by atoms with Gasteiger partial charge < -0.3 is 4.90 Å². The van der Waals surface area contributed by atoms with Crippen LogP contribution in [0.15, 0.2) is 0 Å².